The zero-order valence-corrected chi connectivity index (χ0v) is 24.1. The van der Waals surface area contributed by atoms with Crippen molar-refractivity contribution in [1.82, 2.24) is 0 Å². The van der Waals surface area contributed by atoms with Gasteiger partial charge in [-0.15, -0.1) is 0 Å². The summed E-state index contributed by atoms with van der Waals surface area (Å²) >= 11 is 0. The summed E-state index contributed by atoms with van der Waals surface area (Å²) in [7, 11) is 0. The second kappa shape index (κ2) is 14.2. The molecule has 0 amide bonds. The fourth-order valence-corrected chi connectivity index (χ4v) is 5.36. The van der Waals surface area contributed by atoms with Crippen LogP contribution in [0.2, 0.25) is 0 Å². The van der Waals surface area contributed by atoms with E-state index in [1.807, 2.05) is 18.2 Å². The van der Waals surface area contributed by atoms with Gasteiger partial charge in [-0.25, -0.2) is 4.79 Å². The molecule has 40 heavy (non-hydrogen) atoms. The molecule has 3 aromatic carbocycles. The number of carbonyl (C=O) groups excluding carboxylic acids is 1. The highest BCUT2D eigenvalue weighted by Gasteiger charge is 2.20. The summed E-state index contributed by atoms with van der Waals surface area (Å²) in [4.78, 5) is 11.7. The monoisotopic (exact) mass is 542 g/mol. The maximum Gasteiger partial charge on any atom is 0.333 e. The molecule has 0 heterocycles. The zero-order chi connectivity index (χ0) is 28.5. The molecule has 0 radical (unpaired) electrons. The van der Waals surface area contributed by atoms with Crippen LogP contribution in [0.4, 0.5) is 0 Å². The fourth-order valence-electron chi connectivity index (χ4n) is 5.36. The Balaban J connectivity index is 1.52. The van der Waals surface area contributed by atoms with Gasteiger partial charge in [0.25, 0.3) is 0 Å². The summed E-state index contributed by atoms with van der Waals surface area (Å²) in [6, 6.07) is 21.6. The number of hydrogen-bond acceptors (Lipinski definition) is 5. The first-order chi connectivity index (χ1) is 19.4. The molecule has 5 heteroatoms. The minimum Gasteiger partial charge on any atom is -0.487 e. The first kappa shape index (κ1) is 29.4. The largest absolute Gasteiger partial charge is 0.487 e. The number of carbonyl (C=O) groups is 1. The fraction of sp³-hybridized carbons (Fsp3) is 0.400. The van der Waals surface area contributed by atoms with Gasteiger partial charge in [-0.2, -0.15) is 0 Å². The highest BCUT2D eigenvalue weighted by atomic mass is 16.6. The maximum absolute atomic E-state index is 11.7. The molecule has 0 bridgehead atoms. The Morgan fingerprint density at radius 1 is 0.850 bits per heavy atom. The number of ether oxygens (including phenoxy) is 3. The molecule has 0 saturated heterocycles. The van der Waals surface area contributed by atoms with Crippen molar-refractivity contribution in [2.75, 3.05) is 26.4 Å². The van der Waals surface area contributed by atoms with E-state index in [0.29, 0.717) is 23.0 Å². The summed E-state index contributed by atoms with van der Waals surface area (Å²) in [5.74, 6) is 2.18. The van der Waals surface area contributed by atoms with Gasteiger partial charge in [0.1, 0.15) is 19.8 Å². The molecule has 1 aliphatic carbocycles. The first-order valence-electron chi connectivity index (χ1n) is 14.5. The van der Waals surface area contributed by atoms with Crippen LogP contribution in [0.1, 0.15) is 63.5 Å². The van der Waals surface area contributed by atoms with Crippen LogP contribution in [-0.2, 0) is 16.0 Å². The van der Waals surface area contributed by atoms with Crippen LogP contribution < -0.4 is 9.47 Å². The van der Waals surface area contributed by atoms with E-state index in [2.05, 4.69) is 62.9 Å². The lowest BCUT2D eigenvalue weighted by Gasteiger charge is -2.26. The maximum atomic E-state index is 11.7. The van der Waals surface area contributed by atoms with Crippen LogP contribution in [0.3, 0.4) is 0 Å². The Morgan fingerprint density at radius 3 is 2.20 bits per heavy atom. The lowest BCUT2D eigenvalue weighted by Crippen LogP contribution is -2.13. The Labute approximate surface area is 238 Å². The summed E-state index contributed by atoms with van der Waals surface area (Å²) in [5.41, 5.74) is 7.64. The average molecular weight is 543 g/mol. The molecule has 0 spiro atoms. The first-order valence-corrected chi connectivity index (χ1v) is 14.5. The molecule has 0 aromatic heterocycles. The van der Waals surface area contributed by atoms with E-state index in [-0.39, 0.29) is 26.4 Å². The third-order valence-corrected chi connectivity index (χ3v) is 7.74. The quantitative estimate of drug-likeness (QED) is 0.144. The minimum atomic E-state index is -0.444. The normalized spacial score (nSPS) is 16.8. The summed E-state index contributed by atoms with van der Waals surface area (Å²) in [6.07, 6.45) is 6.14. The zero-order valence-electron chi connectivity index (χ0n) is 24.1. The Bertz CT molecular complexity index is 1290. The molecular weight excluding hydrogens is 500 g/mol. The molecule has 1 saturated carbocycles. The number of esters is 1. The van der Waals surface area contributed by atoms with E-state index in [1.54, 1.807) is 6.92 Å². The van der Waals surface area contributed by atoms with Crippen molar-refractivity contribution in [2.45, 2.75) is 58.8 Å². The molecule has 1 N–H and O–H groups in total. The molecule has 4 rings (SSSR count). The number of aryl methyl sites for hydroxylation is 1. The van der Waals surface area contributed by atoms with Gasteiger partial charge in [0, 0.05) is 5.57 Å². The van der Waals surface area contributed by atoms with E-state index in [9.17, 15) is 9.90 Å². The molecule has 0 unspecified atom stereocenters. The highest BCUT2D eigenvalue weighted by molar-refractivity contribution is 5.86. The van der Waals surface area contributed by atoms with Gasteiger partial charge >= 0.3 is 5.97 Å². The SMILES string of the molecule is C=C(C)C(=O)OCCOc1cc(-c2ccc(-c3ccc(C4CCC(C)CC4)cc3)cc2CC)ccc1OCCO. The van der Waals surface area contributed by atoms with Crippen LogP contribution >= 0.6 is 0 Å². The third kappa shape index (κ3) is 7.54. The molecule has 1 fully saturated rings. The smallest absolute Gasteiger partial charge is 0.333 e. The van der Waals surface area contributed by atoms with Crippen molar-refractivity contribution in [3.8, 4) is 33.8 Å². The third-order valence-electron chi connectivity index (χ3n) is 7.74. The molecule has 0 aliphatic heterocycles. The number of hydrogen-bond donors (Lipinski definition) is 1. The molecule has 3 aromatic rings. The van der Waals surface area contributed by atoms with Gasteiger partial charge in [-0.1, -0.05) is 81.8 Å². The van der Waals surface area contributed by atoms with E-state index in [4.69, 9.17) is 14.2 Å². The van der Waals surface area contributed by atoms with Gasteiger partial charge in [0.05, 0.1) is 6.61 Å². The predicted octanol–water partition coefficient (Wildman–Crippen LogP) is 7.75. The van der Waals surface area contributed by atoms with Crippen LogP contribution in [-0.4, -0.2) is 37.5 Å². The lowest BCUT2D eigenvalue weighted by atomic mass is 9.79. The summed E-state index contributed by atoms with van der Waals surface area (Å²) in [6.45, 7) is 10.1. The molecule has 5 nitrogen and oxygen atoms in total. The van der Waals surface area contributed by atoms with Gasteiger partial charge in [-0.3, -0.25) is 0 Å². The van der Waals surface area contributed by atoms with Crippen molar-refractivity contribution in [1.29, 1.82) is 0 Å². The number of rotatable bonds is 12. The highest BCUT2D eigenvalue weighted by Crippen LogP contribution is 2.38. The second-order valence-corrected chi connectivity index (χ2v) is 10.8. The Kier molecular flexibility index (Phi) is 10.4. The molecule has 212 valence electrons. The van der Waals surface area contributed by atoms with Crippen molar-refractivity contribution < 1.29 is 24.1 Å². The number of benzene rings is 3. The van der Waals surface area contributed by atoms with E-state index < -0.39 is 5.97 Å². The lowest BCUT2D eigenvalue weighted by molar-refractivity contribution is -0.139. The summed E-state index contributed by atoms with van der Waals surface area (Å²) < 4.78 is 16.8. The molecule has 1 aliphatic rings. The number of aliphatic hydroxyl groups is 1. The average Bonchev–Trinajstić information content (AvgIpc) is 2.98. The van der Waals surface area contributed by atoms with Crippen molar-refractivity contribution in [3.05, 3.63) is 83.9 Å². The standard InChI is InChI=1S/C35H42O5/c1-5-26-22-30(29-12-10-28(11-13-29)27-8-6-25(4)7-9-27)14-16-32(26)31-15-17-33(38-19-18-36)34(23-31)39-20-21-40-35(37)24(2)3/h10-17,22-23,25,27,36H,2,5-9,18-21H2,1,3-4H3. The van der Waals surface area contributed by atoms with E-state index in [1.165, 1.54) is 47.9 Å². The summed E-state index contributed by atoms with van der Waals surface area (Å²) in [5, 5.41) is 9.23. The minimum absolute atomic E-state index is 0.0975. The molecular formula is C35H42O5. The predicted molar refractivity (Wildman–Crippen MR) is 161 cm³/mol. The van der Waals surface area contributed by atoms with Gasteiger partial charge < -0.3 is 19.3 Å². The Hall–Kier alpha value is -3.57. The van der Waals surface area contributed by atoms with Crippen molar-refractivity contribution in [2.24, 2.45) is 5.92 Å². The Morgan fingerprint density at radius 2 is 1.52 bits per heavy atom. The van der Waals surface area contributed by atoms with E-state index in [0.717, 1.165) is 23.5 Å². The van der Waals surface area contributed by atoms with Crippen LogP contribution in [0.5, 0.6) is 11.5 Å². The van der Waals surface area contributed by atoms with Crippen molar-refractivity contribution in [3.63, 3.8) is 0 Å². The van der Waals surface area contributed by atoms with Crippen molar-refractivity contribution >= 4 is 5.97 Å². The van der Waals surface area contributed by atoms with Gasteiger partial charge in [0.15, 0.2) is 11.5 Å². The van der Waals surface area contributed by atoms with Gasteiger partial charge in [0.2, 0.25) is 0 Å². The van der Waals surface area contributed by atoms with Crippen LogP contribution in [0.15, 0.2) is 72.8 Å². The topological polar surface area (TPSA) is 65.0 Å². The molecule has 0 atom stereocenters. The number of aliphatic hydroxyl groups excluding tert-OH is 1. The van der Waals surface area contributed by atoms with Crippen LogP contribution in [0.25, 0.3) is 22.3 Å². The van der Waals surface area contributed by atoms with Crippen LogP contribution in [0, 0.1) is 5.92 Å². The van der Waals surface area contributed by atoms with E-state index >= 15 is 0 Å². The second-order valence-electron chi connectivity index (χ2n) is 10.8. The van der Waals surface area contributed by atoms with Gasteiger partial charge in [-0.05, 0) is 83.5 Å².